The number of rotatable bonds is 5. The van der Waals surface area contributed by atoms with Gasteiger partial charge < -0.3 is 14.4 Å². The van der Waals surface area contributed by atoms with E-state index in [4.69, 9.17) is 9.47 Å². The molecule has 0 unspecified atom stereocenters. The molecule has 122 valence electrons. The van der Waals surface area contributed by atoms with Gasteiger partial charge in [0.05, 0.1) is 11.7 Å². The zero-order chi connectivity index (χ0) is 15.3. The molecule has 3 nitrogen and oxygen atoms in total. The first-order valence-electron chi connectivity index (χ1n) is 8.75. The monoisotopic (exact) mass is 303 g/mol. The Morgan fingerprint density at radius 1 is 1.23 bits per heavy atom. The molecule has 2 fully saturated rings. The van der Waals surface area contributed by atoms with Crippen LogP contribution in [0.25, 0.3) is 0 Å². The summed E-state index contributed by atoms with van der Waals surface area (Å²) < 4.78 is 11.9. The fourth-order valence-corrected chi connectivity index (χ4v) is 4.01. The van der Waals surface area contributed by atoms with Crippen LogP contribution in [0.1, 0.15) is 37.7 Å². The van der Waals surface area contributed by atoms with Crippen molar-refractivity contribution in [3.63, 3.8) is 0 Å². The summed E-state index contributed by atoms with van der Waals surface area (Å²) in [5.41, 5.74) is 1.45. The van der Waals surface area contributed by atoms with Gasteiger partial charge in [-0.15, -0.1) is 0 Å². The van der Waals surface area contributed by atoms with Crippen molar-refractivity contribution in [3.8, 4) is 0 Å². The van der Waals surface area contributed by atoms with E-state index in [0.717, 1.165) is 45.4 Å². The second kappa shape index (κ2) is 7.58. The highest BCUT2D eigenvalue weighted by molar-refractivity contribution is 5.14. The summed E-state index contributed by atoms with van der Waals surface area (Å²) in [5, 5.41) is 0. The molecule has 2 saturated heterocycles. The predicted octanol–water partition coefficient (Wildman–Crippen LogP) is 3.28. The van der Waals surface area contributed by atoms with E-state index in [2.05, 4.69) is 35.2 Å². The second-order valence-corrected chi connectivity index (χ2v) is 6.71. The molecule has 0 radical (unpaired) electrons. The van der Waals surface area contributed by atoms with Crippen molar-refractivity contribution >= 4 is 0 Å². The zero-order valence-electron chi connectivity index (χ0n) is 13.8. The van der Waals surface area contributed by atoms with E-state index in [1.54, 1.807) is 0 Å². The fraction of sp³-hybridized carbons (Fsp3) is 0.684. The predicted molar refractivity (Wildman–Crippen MR) is 89.2 cm³/mol. The molecular formula is C19H29NO2. The van der Waals surface area contributed by atoms with E-state index in [9.17, 15) is 0 Å². The van der Waals surface area contributed by atoms with E-state index in [1.807, 2.05) is 7.11 Å². The molecule has 0 N–H and O–H groups in total. The summed E-state index contributed by atoms with van der Waals surface area (Å²) >= 11 is 0. The van der Waals surface area contributed by atoms with Crippen LogP contribution in [0.5, 0.6) is 0 Å². The first-order valence-corrected chi connectivity index (χ1v) is 8.75. The molecule has 3 rings (SSSR count). The highest BCUT2D eigenvalue weighted by atomic mass is 16.5. The summed E-state index contributed by atoms with van der Waals surface area (Å²) in [7, 11) is 1.84. The molecule has 0 amide bonds. The van der Waals surface area contributed by atoms with Crippen LogP contribution in [0, 0.1) is 0 Å². The van der Waals surface area contributed by atoms with Crippen LogP contribution in [-0.4, -0.2) is 50.0 Å². The number of piperidine rings is 1. The Bertz CT molecular complexity index is 440. The Hall–Kier alpha value is -0.900. The maximum absolute atomic E-state index is 6.18. The SMILES string of the molecule is CO[C@@H]1CCCOC12CCN(CCCc1ccccc1)CC2. The lowest BCUT2D eigenvalue weighted by molar-refractivity contribution is -0.186. The van der Waals surface area contributed by atoms with Crippen LogP contribution in [0.4, 0.5) is 0 Å². The average Bonchev–Trinajstić information content (AvgIpc) is 2.58. The summed E-state index contributed by atoms with van der Waals surface area (Å²) in [4.78, 5) is 2.60. The van der Waals surface area contributed by atoms with Crippen LogP contribution in [0.2, 0.25) is 0 Å². The number of aryl methyl sites for hydroxylation is 1. The van der Waals surface area contributed by atoms with Crippen LogP contribution in [-0.2, 0) is 15.9 Å². The molecule has 1 aromatic carbocycles. The van der Waals surface area contributed by atoms with E-state index in [0.29, 0.717) is 6.10 Å². The minimum atomic E-state index is 0.00291. The summed E-state index contributed by atoms with van der Waals surface area (Å²) in [6.45, 7) is 4.40. The van der Waals surface area contributed by atoms with Gasteiger partial charge in [-0.05, 0) is 50.6 Å². The number of hydrogen-bond donors (Lipinski definition) is 0. The third-order valence-electron chi connectivity index (χ3n) is 5.36. The number of likely N-dealkylation sites (tertiary alicyclic amines) is 1. The Kier molecular flexibility index (Phi) is 5.51. The quantitative estimate of drug-likeness (QED) is 0.833. The number of methoxy groups -OCH3 is 1. The minimum Gasteiger partial charge on any atom is -0.378 e. The van der Waals surface area contributed by atoms with Gasteiger partial charge in [0.2, 0.25) is 0 Å². The second-order valence-electron chi connectivity index (χ2n) is 6.71. The number of ether oxygens (including phenoxy) is 2. The molecule has 1 aromatic rings. The maximum atomic E-state index is 6.18. The third-order valence-corrected chi connectivity index (χ3v) is 5.36. The highest BCUT2D eigenvalue weighted by Crippen LogP contribution is 2.36. The molecule has 1 atom stereocenters. The molecule has 2 heterocycles. The lowest BCUT2D eigenvalue weighted by Gasteiger charge is -2.48. The summed E-state index contributed by atoms with van der Waals surface area (Å²) in [6, 6.07) is 10.8. The molecule has 2 aliphatic rings. The first-order chi connectivity index (χ1) is 10.8. The molecule has 0 aromatic heterocycles. The van der Waals surface area contributed by atoms with E-state index in [-0.39, 0.29) is 5.60 Å². The zero-order valence-corrected chi connectivity index (χ0v) is 13.8. The van der Waals surface area contributed by atoms with E-state index in [1.165, 1.54) is 24.9 Å². The van der Waals surface area contributed by atoms with Gasteiger partial charge in [0, 0.05) is 26.8 Å². The maximum Gasteiger partial charge on any atom is 0.0967 e. The first kappa shape index (κ1) is 16.0. The van der Waals surface area contributed by atoms with Gasteiger partial charge in [0.15, 0.2) is 0 Å². The van der Waals surface area contributed by atoms with Gasteiger partial charge in [0.25, 0.3) is 0 Å². The summed E-state index contributed by atoms with van der Waals surface area (Å²) in [5.74, 6) is 0. The van der Waals surface area contributed by atoms with E-state index < -0.39 is 0 Å². The number of hydrogen-bond acceptors (Lipinski definition) is 3. The Balaban J connectivity index is 1.43. The van der Waals surface area contributed by atoms with Crippen LogP contribution < -0.4 is 0 Å². The van der Waals surface area contributed by atoms with Gasteiger partial charge in [0.1, 0.15) is 0 Å². The molecule has 22 heavy (non-hydrogen) atoms. The minimum absolute atomic E-state index is 0.00291. The van der Waals surface area contributed by atoms with Gasteiger partial charge in [-0.3, -0.25) is 0 Å². The molecule has 3 heteroatoms. The molecular weight excluding hydrogens is 274 g/mol. The summed E-state index contributed by atoms with van der Waals surface area (Å²) in [6.07, 6.45) is 7.26. The molecule has 0 aliphatic carbocycles. The molecule has 0 saturated carbocycles. The van der Waals surface area contributed by atoms with E-state index >= 15 is 0 Å². The van der Waals surface area contributed by atoms with Gasteiger partial charge in [-0.25, -0.2) is 0 Å². The highest BCUT2D eigenvalue weighted by Gasteiger charge is 2.44. The van der Waals surface area contributed by atoms with Gasteiger partial charge in [-0.2, -0.15) is 0 Å². The lowest BCUT2D eigenvalue weighted by atomic mass is 9.82. The number of benzene rings is 1. The fourth-order valence-electron chi connectivity index (χ4n) is 4.01. The van der Waals surface area contributed by atoms with Crippen molar-refractivity contribution in [1.29, 1.82) is 0 Å². The van der Waals surface area contributed by atoms with Crippen molar-refractivity contribution in [3.05, 3.63) is 35.9 Å². The van der Waals surface area contributed by atoms with Crippen molar-refractivity contribution in [2.75, 3.05) is 33.4 Å². The Morgan fingerprint density at radius 3 is 2.73 bits per heavy atom. The largest absolute Gasteiger partial charge is 0.378 e. The standard InChI is InChI=1S/C19H29NO2/c1-21-18-10-6-16-22-19(18)11-14-20(15-12-19)13-5-9-17-7-3-2-4-8-17/h2-4,7-8,18H,5-6,9-16H2,1H3/t18-/m1/s1. The van der Waals surface area contributed by atoms with Crippen molar-refractivity contribution in [2.24, 2.45) is 0 Å². The lowest BCUT2D eigenvalue weighted by Crippen LogP contribution is -2.55. The van der Waals surface area contributed by atoms with Crippen molar-refractivity contribution in [2.45, 2.75) is 50.2 Å². The van der Waals surface area contributed by atoms with Gasteiger partial charge in [-0.1, -0.05) is 30.3 Å². The van der Waals surface area contributed by atoms with Gasteiger partial charge >= 0.3 is 0 Å². The van der Waals surface area contributed by atoms with Crippen LogP contribution in [0.3, 0.4) is 0 Å². The van der Waals surface area contributed by atoms with Crippen molar-refractivity contribution in [1.82, 2.24) is 4.90 Å². The molecule has 1 spiro atoms. The Morgan fingerprint density at radius 2 is 2.00 bits per heavy atom. The topological polar surface area (TPSA) is 21.7 Å². The van der Waals surface area contributed by atoms with Crippen LogP contribution >= 0.6 is 0 Å². The number of nitrogens with zero attached hydrogens (tertiary/aromatic N) is 1. The van der Waals surface area contributed by atoms with Crippen LogP contribution in [0.15, 0.2) is 30.3 Å². The smallest absolute Gasteiger partial charge is 0.0967 e. The Labute approximate surface area is 134 Å². The average molecular weight is 303 g/mol. The molecule has 2 aliphatic heterocycles. The van der Waals surface area contributed by atoms with Crippen molar-refractivity contribution < 1.29 is 9.47 Å². The molecule has 0 bridgehead atoms. The third kappa shape index (κ3) is 3.70. The normalized spacial score (nSPS) is 25.4.